The molecule has 1 fully saturated rings. The number of nitrogens with zero attached hydrogens (tertiary/aromatic N) is 3. The van der Waals surface area contributed by atoms with Crippen LogP contribution in [0.2, 0.25) is 0 Å². The second-order valence-corrected chi connectivity index (χ2v) is 6.83. The minimum atomic E-state index is -0.852. The van der Waals surface area contributed by atoms with Gasteiger partial charge >= 0.3 is 5.97 Å². The van der Waals surface area contributed by atoms with Gasteiger partial charge in [0.25, 0.3) is 0 Å². The molecule has 6 heteroatoms. The summed E-state index contributed by atoms with van der Waals surface area (Å²) in [6, 6.07) is 12.7. The van der Waals surface area contributed by atoms with E-state index in [1.807, 2.05) is 24.4 Å². The molecule has 0 atom stereocenters. The number of carboxylic acids is 1. The minimum absolute atomic E-state index is 0.0292. The van der Waals surface area contributed by atoms with Gasteiger partial charge in [-0.3, -0.25) is 4.79 Å². The second kappa shape index (κ2) is 6.80. The Balaban J connectivity index is 1.74. The minimum Gasteiger partial charge on any atom is -0.481 e. The molecule has 1 aliphatic heterocycles. The molecule has 3 N–H and O–H groups in total. The molecule has 3 heterocycles. The highest BCUT2D eigenvalue weighted by Gasteiger charge is 2.19. The Labute approximate surface area is 151 Å². The highest BCUT2D eigenvalue weighted by Crippen LogP contribution is 2.33. The highest BCUT2D eigenvalue weighted by atomic mass is 16.4. The molecule has 2 aromatic heterocycles. The maximum absolute atomic E-state index is 11.1. The molecule has 134 valence electrons. The summed E-state index contributed by atoms with van der Waals surface area (Å²) in [4.78, 5) is 13.5. The van der Waals surface area contributed by atoms with Crippen LogP contribution in [0, 0.1) is 0 Å². The zero-order chi connectivity index (χ0) is 18.1. The van der Waals surface area contributed by atoms with Gasteiger partial charge in [0.05, 0.1) is 18.1 Å². The maximum Gasteiger partial charge on any atom is 0.307 e. The van der Waals surface area contributed by atoms with Crippen LogP contribution in [0.25, 0.3) is 16.6 Å². The predicted octanol–water partition coefficient (Wildman–Crippen LogP) is 2.56. The van der Waals surface area contributed by atoms with Crippen LogP contribution >= 0.6 is 0 Å². The average Bonchev–Trinajstić information content (AvgIpc) is 3.04. The van der Waals surface area contributed by atoms with Crippen molar-refractivity contribution in [3.05, 3.63) is 54.4 Å². The monoisotopic (exact) mass is 350 g/mol. The number of pyridine rings is 1. The molecule has 1 saturated heterocycles. The molecule has 0 aliphatic carbocycles. The van der Waals surface area contributed by atoms with Crippen LogP contribution in [-0.2, 0) is 11.2 Å². The summed E-state index contributed by atoms with van der Waals surface area (Å²) in [7, 11) is 0. The topological polar surface area (TPSA) is 83.9 Å². The Bertz CT molecular complexity index is 942. The molecule has 0 spiro atoms. The summed E-state index contributed by atoms with van der Waals surface area (Å²) >= 11 is 0. The number of aliphatic carboxylic acids is 1. The number of para-hydroxylation sites is 1. The highest BCUT2D eigenvalue weighted by molar-refractivity contribution is 5.82. The van der Waals surface area contributed by atoms with E-state index in [-0.39, 0.29) is 6.42 Å². The zero-order valence-corrected chi connectivity index (χ0v) is 14.5. The maximum atomic E-state index is 11.1. The number of carbonyl (C=O) groups is 1. The standard InChI is InChI=1S/C20H22N4O2/c21-16-6-8-23(9-7-16)18-4-2-1-3-17(18)14-5-10-24-19(11-14)15(13-22-24)12-20(25)26/h1-5,10-11,13,16H,6-9,12,21H2,(H,25,26). The molecule has 0 amide bonds. The van der Waals surface area contributed by atoms with Gasteiger partial charge in [-0.25, -0.2) is 4.52 Å². The first-order valence-corrected chi connectivity index (χ1v) is 8.90. The van der Waals surface area contributed by atoms with Crippen LogP contribution in [-0.4, -0.2) is 39.8 Å². The fraction of sp³-hybridized carbons (Fsp3) is 0.300. The fourth-order valence-electron chi connectivity index (χ4n) is 3.63. The van der Waals surface area contributed by atoms with Crippen molar-refractivity contribution < 1.29 is 9.90 Å². The number of hydrogen-bond acceptors (Lipinski definition) is 4. The lowest BCUT2D eigenvalue weighted by Gasteiger charge is -2.33. The molecule has 0 saturated carbocycles. The van der Waals surface area contributed by atoms with Gasteiger partial charge in [0, 0.05) is 42.1 Å². The van der Waals surface area contributed by atoms with Crippen LogP contribution in [0.4, 0.5) is 5.69 Å². The molecule has 0 bridgehead atoms. The third kappa shape index (κ3) is 3.15. The molecule has 6 nitrogen and oxygen atoms in total. The summed E-state index contributed by atoms with van der Waals surface area (Å²) in [5, 5.41) is 13.4. The molecular weight excluding hydrogens is 328 g/mol. The van der Waals surface area contributed by atoms with Gasteiger partial charge in [0.15, 0.2) is 0 Å². The van der Waals surface area contributed by atoms with Gasteiger partial charge in [0.1, 0.15) is 0 Å². The van der Waals surface area contributed by atoms with Crippen LogP contribution in [0.15, 0.2) is 48.8 Å². The van der Waals surface area contributed by atoms with E-state index in [1.54, 1.807) is 10.7 Å². The van der Waals surface area contributed by atoms with E-state index < -0.39 is 5.97 Å². The Morgan fingerprint density at radius 2 is 2.00 bits per heavy atom. The number of anilines is 1. The predicted molar refractivity (Wildman–Crippen MR) is 101 cm³/mol. The molecule has 1 aromatic carbocycles. The first-order chi connectivity index (χ1) is 12.6. The van der Waals surface area contributed by atoms with Crippen LogP contribution in [0.5, 0.6) is 0 Å². The lowest BCUT2D eigenvalue weighted by atomic mass is 10.00. The number of hydrogen-bond donors (Lipinski definition) is 2. The van der Waals surface area contributed by atoms with Gasteiger partial charge in [0.2, 0.25) is 0 Å². The number of fused-ring (bicyclic) bond motifs is 1. The SMILES string of the molecule is NC1CCN(c2ccccc2-c2ccn3ncc(CC(=O)O)c3c2)CC1. The zero-order valence-electron chi connectivity index (χ0n) is 14.5. The molecule has 0 unspecified atom stereocenters. The van der Waals surface area contributed by atoms with Gasteiger partial charge in [-0.2, -0.15) is 5.10 Å². The van der Waals surface area contributed by atoms with Crippen LogP contribution < -0.4 is 10.6 Å². The van der Waals surface area contributed by atoms with E-state index in [9.17, 15) is 4.79 Å². The second-order valence-electron chi connectivity index (χ2n) is 6.83. The fourth-order valence-corrected chi connectivity index (χ4v) is 3.63. The molecule has 4 rings (SSSR count). The summed E-state index contributed by atoms with van der Waals surface area (Å²) in [6.07, 6.45) is 5.49. The Morgan fingerprint density at radius 1 is 1.23 bits per heavy atom. The van der Waals surface area contributed by atoms with Crippen molar-refractivity contribution in [1.29, 1.82) is 0 Å². The van der Waals surface area contributed by atoms with Gasteiger partial charge in [-0.15, -0.1) is 0 Å². The molecule has 0 radical (unpaired) electrons. The van der Waals surface area contributed by atoms with Crippen LogP contribution in [0.1, 0.15) is 18.4 Å². The van der Waals surface area contributed by atoms with Crippen LogP contribution in [0.3, 0.4) is 0 Å². The normalized spacial score (nSPS) is 15.5. The van der Waals surface area contributed by atoms with Crippen molar-refractivity contribution in [2.75, 3.05) is 18.0 Å². The van der Waals surface area contributed by atoms with Crippen molar-refractivity contribution in [3.8, 4) is 11.1 Å². The van der Waals surface area contributed by atoms with Crippen molar-refractivity contribution in [1.82, 2.24) is 9.61 Å². The van der Waals surface area contributed by atoms with E-state index in [0.717, 1.165) is 48.1 Å². The quantitative estimate of drug-likeness (QED) is 0.755. The van der Waals surface area contributed by atoms with E-state index in [1.165, 1.54) is 5.69 Å². The number of carboxylic acid groups (broad SMARTS) is 1. The molecule has 3 aromatic rings. The molecule has 1 aliphatic rings. The van der Waals surface area contributed by atoms with E-state index in [2.05, 4.69) is 28.2 Å². The van der Waals surface area contributed by atoms with E-state index in [0.29, 0.717) is 6.04 Å². The van der Waals surface area contributed by atoms with Crippen molar-refractivity contribution >= 4 is 17.2 Å². The number of rotatable bonds is 4. The van der Waals surface area contributed by atoms with Crippen molar-refractivity contribution in [3.63, 3.8) is 0 Å². The van der Waals surface area contributed by atoms with Gasteiger partial charge in [-0.05, 0) is 36.6 Å². The third-order valence-corrected chi connectivity index (χ3v) is 5.04. The lowest BCUT2D eigenvalue weighted by Crippen LogP contribution is -2.39. The lowest BCUT2D eigenvalue weighted by molar-refractivity contribution is -0.136. The summed E-state index contributed by atoms with van der Waals surface area (Å²) in [6.45, 7) is 1.91. The molecular formula is C20H22N4O2. The van der Waals surface area contributed by atoms with Gasteiger partial charge in [-0.1, -0.05) is 18.2 Å². The largest absolute Gasteiger partial charge is 0.481 e. The number of piperidine rings is 1. The van der Waals surface area contributed by atoms with E-state index in [4.69, 9.17) is 10.8 Å². The summed E-state index contributed by atoms with van der Waals surface area (Å²) in [5.41, 5.74) is 11.0. The van der Waals surface area contributed by atoms with Crippen molar-refractivity contribution in [2.24, 2.45) is 5.73 Å². The third-order valence-electron chi connectivity index (χ3n) is 5.04. The smallest absolute Gasteiger partial charge is 0.307 e. The van der Waals surface area contributed by atoms with E-state index >= 15 is 0 Å². The first-order valence-electron chi connectivity index (χ1n) is 8.90. The average molecular weight is 350 g/mol. The Hall–Kier alpha value is -2.86. The number of aromatic nitrogens is 2. The van der Waals surface area contributed by atoms with Crippen molar-refractivity contribution in [2.45, 2.75) is 25.3 Å². The van der Waals surface area contributed by atoms with Gasteiger partial charge < -0.3 is 15.7 Å². The first kappa shape index (κ1) is 16.6. The molecule has 26 heavy (non-hydrogen) atoms. The number of nitrogens with two attached hydrogens (primary N) is 1. The summed E-state index contributed by atoms with van der Waals surface area (Å²) < 4.78 is 1.73. The Morgan fingerprint density at radius 3 is 2.77 bits per heavy atom. The number of benzene rings is 1. The Kier molecular flexibility index (Phi) is 4.34. The summed E-state index contributed by atoms with van der Waals surface area (Å²) in [5.74, 6) is -0.852.